The predicted octanol–water partition coefficient (Wildman–Crippen LogP) is 5.99. The van der Waals surface area contributed by atoms with Gasteiger partial charge in [0.2, 0.25) is 0 Å². The minimum atomic E-state index is -4.40. The Hall–Kier alpha value is -3.65. The number of alkyl halides is 3. The zero-order valence-corrected chi connectivity index (χ0v) is 20.2. The topological polar surface area (TPSA) is 47.4 Å². The van der Waals surface area contributed by atoms with E-state index in [1.807, 2.05) is 39.0 Å². The molecule has 2 aromatic carbocycles. The van der Waals surface area contributed by atoms with Crippen molar-refractivity contribution in [2.24, 2.45) is 0 Å². The SMILES string of the molecule is Cc1cn(-c2ccc(N3C[C@@H](C)O[C@@H](C)C3)nc2)c(=O)c2cccc(-c3ccc(C(F)(F)F)cc3)c12. The minimum absolute atomic E-state index is 0.111. The van der Waals surface area contributed by atoms with Gasteiger partial charge in [0, 0.05) is 24.7 Å². The Labute approximate surface area is 206 Å². The van der Waals surface area contributed by atoms with Gasteiger partial charge in [0.1, 0.15) is 5.82 Å². The van der Waals surface area contributed by atoms with Gasteiger partial charge < -0.3 is 9.64 Å². The number of halogens is 3. The molecule has 2 aromatic heterocycles. The third kappa shape index (κ3) is 4.48. The number of hydrogen-bond acceptors (Lipinski definition) is 4. The summed E-state index contributed by atoms with van der Waals surface area (Å²) in [6.45, 7) is 7.46. The number of hydrogen-bond donors (Lipinski definition) is 0. The molecule has 1 aliphatic rings. The number of pyridine rings is 2. The highest BCUT2D eigenvalue weighted by Crippen LogP contribution is 2.34. The molecular weight excluding hydrogens is 467 g/mol. The quantitative estimate of drug-likeness (QED) is 0.352. The average Bonchev–Trinajstić information content (AvgIpc) is 2.85. The van der Waals surface area contributed by atoms with E-state index in [9.17, 15) is 18.0 Å². The first kappa shape index (κ1) is 24.1. The lowest BCUT2D eigenvalue weighted by Crippen LogP contribution is -2.45. The van der Waals surface area contributed by atoms with Gasteiger partial charge in [-0.25, -0.2) is 4.98 Å². The number of aromatic nitrogens is 2. The number of fused-ring (bicyclic) bond motifs is 1. The van der Waals surface area contributed by atoms with Crippen LogP contribution in [0.25, 0.3) is 27.6 Å². The highest BCUT2D eigenvalue weighted by molar-refractivity contribution is 5.98. The summed E-state index contributed by atoms with van der Waals surface area (Å²) in [6, 6.07) is 14.1. The Morgan fingerprint density at radius 3 is 2.28 bits per heavy atom. The van der Waals surface area contributed by atoms with Crippen molar-refractivity contribution in [2.45, 2.75) is 39.2 Å². The number of rotatable bonds is 3. The zero-order chi connectivity index (χ0) is 25.6. The van der Waals surface area contributed by atoms with E-state index in [1.165, 1.54) is 12.1 Å². The first-order valence-corrected chi connectivity index (χ1v) is 11.8. The minimum Gasteiger partial charge on any atom is -0.372 e. The maximum Gasteiger partial charge on any atom is 0.416 e. The Balaban J connectivity index is 1.53. The fourth-order valence-electron chi connectivity index (χ4n) is 4.95. The van der Waals surface area contributed by atoms with Crippen molar-refractivity contribution < 1.29 is 17.9 Å². The summed E-state index contributed by atoms with van der Waals surface area (Å²) < 4.78 is 46.4. The molecular formula is C28H26F3N3O2. The van der Waals surface area contributed by atoms with Crippen molar-refractivity contribution >= 4 is 16.6 Å². The summed E-state index contributed by atoms with van der Waals surface area (Å²) in [7, 11) is 0. The highest BCUT2D eigenvalue weighted by atomic mass is 19.4. The Morgan fingerprint density at radius 2 is 1.67 bits per heavy atom. The smallest absolute Gasteiger partial charge is 0.372 e. The molecule has 3 heterocycles. The number of nitrogens with zero attached hydrogens (tertiary/aromatic N) is 3. The van der Waals surface area contributed by atoms with E-state index in [-0.39, 0.29) is 17.8 Å². The van der Waals surface area contributed by atoms with Crippen LogP contribution in [-0.2, 0) is 10.9 Å². The standard InChI is InChI=1S/C28H26F3N3O2/c1-17-14-34(22-11-12-25(32-13-22)33-15-18(2)36-19(3)16-33)27(35)24-6-4-5-23(26(17)24)20-7-9-21(10-8-20)28(29,30)31/h4-14,18-19H,15-16H2,1-3H3/t18-,19+. The molecule has 186 valence electrons. The van der Waals surface area contributed by atoms with Crippen molar-refractivity contribution in [1.82, 2.24) is 9.55 Å². The lowest BCUT2D eigenvalue weighted by atomic mass is 9.95. The number of aryl methyl sites for hydroxylation is 1. The van der Waals surface area contributed by atoms with Gasteiger partial charge in [-0.15, -0.1) is 0 Å². The summed E-state index contributed by atoms with van der Waals surface area (Å²) in [4.78, 5) is 20.3. The van der Waals surface area contributed by atoms with Crippen LogP contribution in [0.15, 0.2) is 71.8 Å². The van der Waals surface area contributed by atoms with Crippen molar-refractivity contribution in [3.63, 3.8) is 0 Å². The summed E-state index contributed by atoms with van der Waals surface area (Å²) in [5.74, 6) is 0.830. The van der Waals surface area contributed by atoms with Crippen LogP contribution in [0.3, 0.4) is 0 Å². The maximum atomic E-state index is 13.5. The van der Waals surface area contributed by atoms with Gasteiger partial charge in [0.05, 0.1) is 29.7 Å². The van der Waals surface area contributed by atoms with Gasteiger partial charge in [0.25, 0.3) is 5.56 Å². The van der Waals surface area contributed by atoms with E-state index in [2.05, 4.69) is 9.88 Å². The molecule has 0 amide bonds. The molecule has 4 aromatic rings. The second kappa shape index (κ2) is 9.09. The third-order valence-corrected chi connectivity index (χ3v) is 6.51. The van der Waals surface area contributed by atoms with Crippen molar-refractivity contribution in [1.29, 1.82) is 0 Å². The lowest BCUT2D eigenvalue weighted by molar-refractivity contribution is -0.137. The summed E-state index contributed by atoms with van der Waals surface area (Å²) in [5, 5.41) is 1.21. The van der Waals surface area contributed by atoms with Crippen LogP contribution in [0.5, 0.6) is 0 Å². The fraction of sp³-hybridized carbons (Fsp3) is 0.286. The van der Waals surface area contributed by atoms with E-state index in [0.717, 1.165) is 42.0 Å². The molecule has 1 saturated heterocycles. The zero-order valence-electron chi connectivity index (χ0n) is 20.2. The van der Waals surface area contributed by atoms with E-state index in [1.54, 1.807) is 29.1 Å². The normalized spacial score (nSPS) is 18.6. The van der Waals surface area contributed by atoms with Gasteiger partial charge in [-0.2, -0.15) is 13.2 Å². The first-order chi connectivity index (χ1) is 17.1. The molecule has 36 heavy (non-hydrogen) atoms. The van der Waals surface area contributed by atoms with E-state index in [4.69, 9.17) is 4.74 Å². The second-order valence-electron chi connectivity index (χ2n) is 9.33. The van der Waals surface area contributed by atoms with Crippen LogP contribution in [0.2, 0.25) is 0 Å². The van der Waals surface area contributed by atoms with Crippen LogP contribution in [0.1, 0.15) is 25.0 Å². The summed E-state index contributed by atoms with van der Waals surface area (Å²) >= 11 is 0. The first-order valence-electron chi connectivity index (χ1n) is 11.8. The third-order valence-electron chi connectivity index (χ3n) is 6.51. The molecule has 0 bridgehead atoms. The van der Waals surface area contributed by atoms with Gasteiger partial charge in [-0.3, -0.25) is 9.36 Å². The molecule has 0 saturated carbocycles. The Kier molecular flexibility index (Phi) is 6.08. The van der Waals surface area contributed by atoms with Crippen LogP contribution in [-0.4, -0.2) is 34.8 Å². The van der Waals surface area contributed by atoms with Crippen LogP contribution >= 0.6 is 0 Å². The molecule has 0 radical (unpaired) electrons. The van der Waals surface area contributed by atoms with Gasteiger partial charge in [0.15, 0.2) is 0 Å². The predicted molar refractivity (Wildman–Crippen MR) is 135 cm³/mol. The molecule has 1 fully saturated rings. The van der Waals surface area contributed by atoms with Gasteiger partial charge >= 0.3 is 6.18 Å². The number of ether oxygens (including phenoxy) is 1. The Bertz CT molecular complexity index is 1450. The number of benzene rings is 2. The van der Waals surface area contributed by atoms with E-state index < -0.39 is 11.7 Å². The van der Waals surface area contributed by atoms with E-state index >= 15 is 0 Å². The number of morpholine rings is 1. The molecule has 8 heteroatoms. The van der Waals surface area contributed by atoms with Crippen LogP contribution in [0.4, 0.5) is 19.0 Å². The summed E-state index contributed by atoms with van der Waals surface area (Å²) in [6.07, 6.45) is -0.733. The largest absolute Gasteiger partial charge is 0.416 e. The molecule has 0 spiro atoms. The van der Waals surface area contributed by atoms with Crippen LogP contribution < -0.4 is 10.5 Å². The molecule has 0 aliphatic carbocycles. The van der Waals surface area contributed by atoms with Crippen molar-refractivity contribution in [2.75, 3.05) is 18.0 Å². The highest BCUT2D eigenvalue weighted by Gasteiger charge is 2.30. The van der Waals surface area contributed by atoms with Crippen LogP contribution in [0, 0.1) is 6.92 Å². The second-order valence-corrected chi connectivity index (χ2v) is 9.33. The van der Waals surface area contributed by atoms with Crippen molar-refractivity contribution in [3.8, 4) is 16.8 Å². The lowest BCUT2D eigenvalue weighted by Gasteiger charge is -2.36. The molecule has 2 atom stereocenters. The molecule has 5 rings (SSSR count). The van der Waals surface area contributed by atoms with Crippen molar-refractivity contribution in [3.05, 3.63) is 88.5 Å². The Morgan fingerprint density at radius 1 is 0.972 bits per heavy atom. The monoisotopic (exact) mass is 493 g/mol. The molecule has 0 N–H and O–H groups in total. The molecule has 0 unspecified atom stereocenters. The molecule has 1 aliphatic heterocycles. The number of anilines is 1. The van der Waals surface area contributed by atoms with Gasteiger partial charge in [-0.05, 0) is 73.2 Å². The van der Waals surface area contributed by atoms with Gasteiger partial charge in [-0.1, -0.05) is 24.3 Å². The summed E-state index contributed by atoms with van der Waals surface area (Å²) in [5.41, 5.74) is 1.89. The fourth-order valence-corrected chi connectivity index (χ4v) is 4.95. The molecule has 5 nitrogen and oxygen atoms in total. The van der Waals surface area contributed by atoms with E-state index in [0.29, 0.717) is 22.2 Å². The average molecular weight is 494 g/mol. The maximum absolute atomic E-state index is 13.5.